The van der Waals surface area contributed by atoms with E-state index in [4.69, 9.17) is 9.47 Å². The summed E-state index contributed by atoms with van der Waals surface area (Å²) in [7, 11) is 2.83. The molecule has 0 saturated carbocycles. The van der Waals surface area contributed by atoms with E-state index in [1.807, 2.05) is 13.0 Å². The number of guanidine groups is 1. The summed E-state index contributed by atoms with van der Waals surface area (Å²) < 4.78 is 23.0. The summed E-state index contributed by atoms with van der Waals surface area (Å²) in [5, 5.41) is 6.35. The van der Waals surface area contributed by atoms with E-state index in [1.54, 1.807) is 24.3 Å². The average Bonchev–Trinajstić information content (AvgIpc) is 2.70. The van der Waals surface area contributed by atoms with E-state index < -0.39 is 5.97 Å². The SMILES string of the molecule is CCNC(=NCc1ccc(OC)c(C(=O)OC)c1)NCc1ccc(F)cc1.I. The van der Waals surface area contributed by atoms with Gasteiger partial charge in [-0.25, -0.2) is 14.2 Å². The Morgan fingerprint density at radius 1 is 1.07 bits per heavy atom. The zero-order valence-corrected chi connectivity index (χ0v) is 18.5. The molecular weight excluding hydrogens is 476 g/mol. The van der Waals surface area contributed by atoms with E-state index in [0.29, 0.717) is 36.9 Å². The molecule has 0 amide bonds. The molecule has 0 saturated heterocycles. The average molecular weight is 501 g/mol. The van der Waals surface area contributed by atoms with Crippen LogP contribution in [0.1, 0.15) is 28.4 Å². The number of hydrogen-bond acceptors (Lipinski definition) is 4. The largest absolute Gasteiger partial charge is 0.496 e. The number of nitrogens with one attached hydrogen (secondary N) is 2. The van der Waals surface area contributed by atoms with Gasteiger partial charge >= 0.3 is 5.97 Å². The first-order chi connectivity index (χ1) is 13.1. The van der Waals surface area contributed by atoms with Crippen LogP contribution < -0.4 is 15.4 Å². The molecule has 2 rings (SSSR count). The number of benzene rings is 2. The third-order valence-corrected chi connectivity index (χ3v) is 3.81. The summed E-state index contributed by atoms with van der Waals surface area (Å²) in [5.41, 5.74) is 2.14. The van der Waals surface area contributed by atoms with Crippen LogP contribution in [0.4, 0.5) is 4.39 Å². The normalized spacial score (nSPS) is 10.6. The Morgan fingerprint density at radius 2 is 1.75 bits per heavy atom. The molecule has 2 N–H and O–H groups in total. The van der Waals surface area contributed by atoms with Crippen LogP contribution in [0.2, 0.25) is 0 Å². The molecule has 0 atom stereocenters. The van der Waals surface area contributed by atoms with E-state index in [9.17, 15) is 9.18 Å². The second-order valence-electron chi connectivity index (χ2n) is 5.70. The Morgan fingerprint density at radius 3 is 2.36 bits per heavy atom. The molecule has 2 aromatic rings. The Bertz CT molecular complexity index is 798. The van der Waals surface area contributed by atoms with Crippen LogP contribution in [0, 0.1) is 5.82 Å². The Hall–Kier alpha value is -2.36. The number of carbonyl (C=O) groups is 1. The monoisotopic (exact) mass is 501 g/mol. The van der Waals surface area contributed by atoms with E-state index in [1.165, 1.54) is 26.4 Å². The van der Waals surface area contributed by atoms with Crippen molar-refractivity contribution >= 4 is 35.9 Å². The van der Waals surface area contributed by atoms with Crippen molar-refractivity contribution in [3.63, 3.8) is 0 Å². The number of halogens is 2. The molecule has 0 aliphatic rings. The van der Waals surface area contributed by atoms with Crippen LogP contribution in [-0.2, 0) is 17.8 Å². The number of hydrogen-bond donors (Lipinski definition) is 2. The number of esters is 1. The van der Waals surface area contributed by atoms with E-state index in [2.05, 4.69) is 15.6 Å². The van der Waals surface area contributed by atoms with Crippen molar-refractivity contribution in [1.29, 1.82) is 0 Å². The zero-order valence-electron chi connectivity index (χ0n) is 16.1. The fraction of sp³-hybridized carbons (Fsp3) is 0.300. The van der Waals surface area contributed by atoms with Gasteiger partial charge < -0.3 is 20.1 Å². The van der Waals surface area contributed by atoms with E-state index in [-0.39, 0.29) is 29.8 Å². The summed E-state index contributed by atoms with van der Waals surface area (Å²) in [6.07, 6.45) is 0. The number of nitrogens with zero attached hydrogens (tertiary/aromatic N) is 1. The van der Waals surface area contributed by atoms with Gasteiger partial charge in [-0.05, 0) is 42.3 Å². The van der Waals surface area contributed by atoms with Crippen LogP contribution in [-0.4, -0.2) is 32.7 Å². The summed E-state index contributed by atoms with van der Waals surface area (Å²) >= 11 is 0. The number of carbonyl (C=O) groups excluding carboxylic acids is 1. The molecule has 0 heterocycles. The van der Waals surface area contributed by atoms with Gasteiger partial charge in [0.25, 0.3) is 0 Å². The number of aliphatic imine (C=N–C) groups is 1. The molecular formula is C20H25FIN3O3. The lowest BCUT2D eigenvalue weighted by Gasteiger charge is -2.12. The highest BCUT2D eigenvalue weighted by Gasteiger charge is 2.13. The molecule has 6 nitrogen and oxygen atoms in total. The fourth-order valence-electron chi connectivity index (χ4n) is 2.42. The minimum absolute atomic E-state index is 0. The summed E-state index contributed by atoms with van der Waals surface area (Å²) in [6.45, 7) is 3.55. The standard InChI is InChI=1S/C20H24FN3O3.HI/c1-4-22-20(23-12-14-5-8-16(21)9-6-14)24-13-15-7-10-18(26-2)17(11-15)19(25)27-3;/h5-11H,4,12-13H2,1-3H3,(H2,22,23,24);1H. The Kier molecular flexibility index (Phi) is 10.3. The second-order valence-corrected chi connectivity index (χ2v) is 5.70. The number of methoxy groups -OCH3 is 2. The highest BCUT2D eigenvalue weighted by molar-refractivity contribution is 14.0. The topological polar surface area (TPSA) is 72.0 Å². The zero-order chi connectivity index (χ0) is 19.6. The Labute approximate surface area is 181 Å². The van der Waals surface area contributed by atoms with Gasteiger partial charge in [-0.1, -0.05) is 18.2 Å². The van der Waals surface area contributed by atoms with Crippen LogP contribution >= 0.6 is 24.0 Å². The van der Waals surface area contributed by atoms with Crippen molar-refractivity contribution in [1.82, 2.24) is 10.6 Å². The molecule has 0 radical (unpaired) electrons. The maximum Gasteiger partial charge on any atom is 0.341 e. The maximum absolute atomic E-state index is 13.0. The molecule has 0 spiro atoms. The van der Waals surface area contributed by atoms with Gasteiger partial charge in [0, 0.05) is 13.1 Å². The Balaban J connectivity index is 0.00000392. The minimum atomic E-state index is -0.459. The molecule has 0 bridgehead atoms. The van der Waals surface area contributed by atoms with Crippen molar-refractivity contribution < 1.29 is 18.7 Å². The first-order valence-electron chi connectivity index (χ1n) is 8.59. The second kappa shape index (κ2) is 12.2. The molecule has 8 heteroatoms. The molecule has 152 valence electrons. The molecule has 0 unspecified atom stereocenters. The van der Waals surface area contributed by atoms with Crippen LogP contribution in [0.3, 0.4) is 0 Å². The quantitative estimate of drug-likeness (QED) is 0.263. The fourth-order valence-corrected chi connectivity index (χ4v) is 2.42. The van der Waals surface area contributed by atoms with Crippen LogP contribution in [0.15, 0.2) is 47.5 Å². The first kappa shape index (κ1) is 23.7. The third-order valence-electron chi connectivity index (χ3n) is 3.81. The van der Waals surface area contributed by atoms with Gasteiger partial charge in [0.05, 0.1) is 20.8 Å². The van der Waals surface area contributed by atoms with Gasteiger partial charge in [-0.2, -0.15) is 0 Å². The highest BCUT2D eigenvalue weighted by atomic mass is 127. The van der Waals surface area contributed by atoms with E-state index >= 15 is 0 Å². The lowest BCUT2D eigenvalue weighted by atomic mass is 10.1. The highest BCUT2D eigenvalue weighted by Crippen LogP contribution is 2.21. The van der Waals surface area contributed by atoms with Crippen molar-refractivity contribution in [2.75, 3.05) is 20.8 Å². The number of ether oxygens (including phenoxy) is 2. The van der Waals surface area contributed by atoms with Crippen LogP contribution in [0.25, 0.3) is 0 Å². The van der Waals surface area contributed by atoms with Crippen LogP contribution in [0.5, 0.6) is 5.75 Å². The van der Waals surface area contributed by atoms with Crippen molar-refractivity contribution in [2.24, 2.45) is 4.99 Å². The molecule has 0 aliphatic heterocycles. The molecule has 28 heavy (non-hydrogen) atoms. The lowest BCUT2D eigenvalue weighted by molar-refractivity contribution is 0.0597. The predicted octanol–water partition coefficient (Wildman–Crippen LogP) is 3.49. The van der Waals surface area contributed by atoms with Gasteiger partial charge in [-0.3, -0.25) is 0 Å². The van der Waals surface area contributed by atoms with Gasteiger partial charge in [0.15, 0.2) is 5.96 Å². The van der Waals surface area contributed by atoms with Crippen molar-refractivity contribution in [2.45, 2.75) is 20.0 Å². The molecule has 2 aromatic carbocycles. The van der Waals surface area contributed by atoms with Gasteiger partial charge in [0.2, 0.25) is 0 Å². The van der Waals surface area contributed by atoms with Gasteiger partial charge in [0.1, 0.15) is 17.1 Å². The van der Waals surface area contributed by atoms with E-state index in [0.717, 1.165) is 11.1 Å². The first-order valence-corrected chi connectivity index (χ1v) is 8.59. The lowest BCUT2D eigenvalue weighted by Crippen LogP contribution is -2.36. The summed E-state index contributed by atoms with van der Waals surface area (Å²) in [6, 6.07) is 11.6. The van der Waals surface area contributed by atoms with Crippen molar-refractivity contribution in [3.8, 4) is 5.75 Å². The number of rotatable bonds is 7. The predicted molar refractivity (Wildman–Crippen MR) is 118 cm³/mol. The minimum Gasteiger partial charge on any atom is -0.496 e. The smallest absolute Gasteiger partial charge is 0.341 e. The third kappa shape index (κ3) is 6.99. The molecule has 0 aliphatic carbocycles. The summed E-state index contributed by atoms with van der Waals surface area (Å²) in [5.74, 6) is 0.354. The molecule has 0 aromatic heterocycles. The molecule has 0 fully saturated rings. The summed E-state index contributed by atoms with van der Waals surface area (Å²) in [4.78, 5) is 16.4. The van der Waals surface area contributed by atoms with Crippen molar-refractivity contribution in [3.05, 3.63) is 65.0 Å². The maximum atomic E-state index is 13.0. The van der Waals surface area contributed by atoms with Gasteiger partial charge in [-0.15, -0.1) is 24.0 Å².